The van der Waals surface area contributed by atoms with Crippen LogP contribution in [-0.4, -0.2) is 26.7 Å². The van der Waals surface area contributed by atoms with Crippen LogP contribution in [-0.2, 0) is 11.3 Å². The number of carbonyl (C=O) groups excluding carboxylic acids is 1. The molecule has 24 heavy (non-hydrogen) atoms. The van der Waals surface area contributed by atoms with Gasteiger partial charge >= 0.3 is 0 Å². The van der Waals surface area contributed by atoms with Crippen LogP contribution in [0.3, 0.4) is 0 Å². The van der Waals surface area contributed by atoms with Crippen LogP contribution in [0.1, 0.15) is 5.56 Å². The summed E-state index contributed by atoms with van der Waals surface area (Å²) in [5.74, 6) is 0.463. The average Bonchev–Trinajstić information content (AvgIpc) is 2.59. The molecule has 2 aromatic rings. The van der Waals surface area contributed by atoms with Crippen LogP contribution in [0.5, 0.6) is 11.5 Å². The second kappa shape index (κ2) is 8.40. The number of halogens is 2. The molecule has 0 aromatic heterocycles. The second-order valence-electron chi connectivity index (χ2n) is 4.94. The normalized spacial score (nSPS) is 10.2. The van der Waals surface area contributed by atoms with E-state index in [0.29, 0.717) is 28.8 Å². The minimum atomic E-state index is -0.310. The summed E-state index contributed by atoms with van der Waals surface area (Å²) in [4.78, 5) is 11.9. The highest BCUT2D eigenvalue weighted by atomic mass is 35.5. The van der Waals surface area contributed by atoms with Crippen molar-refractivity contribution >= 4 is 23.2 Å². The lowest BCUT2D eigenvalue weighted by atomic mass is 10.2. The Hall–Kier alpha value is -2.47. The van der Waals surface area contributed by atoms with Crippen molar-refractivity contribution in [1.82, 2.24) is 5.32 Å². The summed E-state index contributed by atoms with van der Waals surface area (Å²) in [7, 11) is 3.02. The van der Waals surface area contributed by atoms with E-state index < -0.39 is 0 Å². The van der Waals surface area contributed by atoms with Gasteiger partial charge in [0.25, 0.3) is 0 Å². The molecule has 0 aliphatic carbocycles. The van der Waals surface area contributed by atoms with Gasteiger partial charge in [0, 0.05) is 18.7 Å². The van der Waals surface area contributed by atoms with Crippen molar-refractivity contribution in [1.29, 1.82) is 0 Å². The third-order valence-electron chi connectivity index (χ3n) is 3.32. The van der Waals surface area contributed by atoms with Crippen LogP contribution < -0.4 is 20.1 Å². The number of nitrogens with one attached hydrogen (secondary N) is 2. The van der Waals surface area contributed by atoms with Crippen LogP contribution >= 0.6 is 11.6 Å². The van der Waals surface area contributed by atoms with Crippen LogP contribution in [0.2, 0.25) is 5.02 Å². The summed E-state index contributed by atoms with van der Waals surface area (Å²) in [6, 6.07) is 9.22. The molecule has 0 radical (unpaired) electrons. The van der Waals surface area contributed by atoms with Gasteiger partial charge in [0.2, 0.25) is 5.91 Å². The van der Waals surface area contributed by atoms with Crippen molar-refractivity contribution in [2.75, 3.05) is 26.1 Å². The molecule has 5 nitrogen and oxygen atoms in total. The lowest BCUT2D eigenvalue weighted by Gasteiger charge is -2.14. The summed E-state index contributed by atoms with van der Waals surface area (Å²) in [5.41, 5.74) is 1.41. The summed E-state index contributed by atoms with van der Waals surface area (Å²) in [6.07, 6.45) is 0. The fraction of sp³-hybridized carbons (Fsp3) is 0.235. The molecule has 7 heteroatoms. The molecule has 0 aliphatic heterocycles. The van der Waals surface area contributed by atoms with Gasteiger partial charge in [-0.3, -0.25) is 4.79 Å². The monoisotopic (exact) mass is 352 g/mol. The van der Waals surface area contributed by atoms with Gasteiger partial charge in [0.15, 0.2) is 0 Å². The highest BCUT2D eigenvalue weighted by molar-refractivity contribution is 6.32. The predicted octanol–water partition coefficient (Wildman–Crippen LogP) is 3.22. The molecule has 0 atom stereocenters. The Labute approximate surface area is 144 Å². The van der Waals surface area contributed by atoms with Gasteiger partial charge < -0.3 is 20.1 Å². The lowest BCUT2D eigenvalue weighted by Crippen LogP contribution is -2.29. The van der Waals surface area contributed by atoms with E-state index in [2.05, 4.69) is 10.6 Å². The van der Waals surface area contributed by atoms with Gasteiger partial charge in [-0.05, 0) is 17.7 Å². The standard InChI is InChI=1S/C17H18ClFN2O3/c1-23-15-8-14(16(24-2)7-13(15)18)20-10-17(22)21-9-11-3-5-12(19)6-4-11/h3-8,20H,9-10H2,1-2H3,(H,21,22). The molecule has 0 aliphatic rings. The van der Waals surface area contributed by atoms with E-state index in [9.17, 15) is 9.18 Å². The first kappa shape index (κ1) is 17.9. The van der Waals surface area contributed by atoms with Gasteiger partial charge in [0.05, 0.1) is 31.5 Å². The maximum absolute atomic E-state index is 12.8. The van der Waals surface area contributed by atoms with Crippen molar-refractivity contribution in [2.45, 2.75) is 6.54 Å². The predicted molar refractivity (Wildman–Crippen MR) is 91.3 cm³/mol. The number of rotatable bonds is 7. The molecule has 0 spiro atoms. The highest BCUT2D eigenvalue weighted by Crippen LogP contribution is 2.35. The molecule has 2 rings (SSSR count). The Kier molecular flexibility index (Phi) is 6.26. The average molecular weight is 353 g/mol. The molecule has 128 valence electrons. The number of methoxy groups -OCH3 is 2. The molecule has 1 amide bonds. The van der Waals surface area contributed by atoms with Crippen LogP contribution in [0.4, 0.5) is 10.1 Å². The number of anilines is 1. The third-order valence-corrected chi connectivity index (χ3v) is 3.61. The van der Waals surface area contributed by atoms with E-state index in [4.69, 9.17) is 21.1 Å². The first-order valence-electron chi connectivity index (χ1n) is 7.20. The van der Waals surface area contributed by atoms with Crippen LogP contribution in [0.25, 0.3) is 0 Å². The highest BCUT2D eigenvalue weighted by Gasteiger charge is 2.11. The van der Waals surface area contributed by atoms with Crippen molar-refractivity contribution in [3.05, 3.63) is 52.8 Å². The maximum atomic E-state index is 12.8. The molecule has 0 unspecified atom stereocenters. The van der Waals surface area contributed by atoms with Crippen molar-refractivity contribution in [3.63, 3.8) is 0 Å². The van der Waals surface area contributed by atoms with E-state index in [0.717, 1.165) is 5.56 Å². The first-order valence-corrected chi connectivity index (χ1v) is 7.58. The molecular formula is C17H18ClFN2O3. The largest absolute Gasteiger partial charge is 0.495 e. The Morgan fingerprint density at radius 3 is 2.42 bits per heavy atom. The Morgan fingerprint density at radius 2 is 1.79 bits per heavy atom. The number of hydrogen-bond acceptors (Lipinski definition) is 4. The summed E-state index contributed by atoms with van der Waals surface area (Å²) >= 11 is 6.03. The first-order chi connectivity index (χ1) is 11.5. The zero-order chi connectivity index (χ0) is 17.5. The van der Waals surface area contributed by atoms with Crippen molar-refractivity contribution in [3.8, 4) is 11.5 Å². The molecule has 2 aromatic carbocycles. The quantitative estimate of drug-likeness (QED) is 0.803. The summed E-state index contributed by atoms with van der Waals surface area (Å²) < 4.78 is 23.2. The van der Waals surface area contributed by atoms with Gasteiger partial charge in [-0.15, -0.1) is 0 Å². The van der Waals surface area contributed by atoms with Crippen molar-refractivity contribution in [2.24, 2.45) is 0 Å². The summed E-state index contributed by atoms with van der Waals surface area (Å²) in [6.45, 7) is 0.365. The SMILES string of the molecule is COc1cc(NCC(=O)NCc2ccc(F)cc2)c(OC)cc1Cl. The second-order valence-corrected chi connectivity index (χ2v) is 5.35. The molecule has 0 heterocycles. The van der Waals surface area contributed by atoms with Crippen LogP contribution in [0.15, 0.2) is 36.4 Å². The zero-order valence-corrected chi connectivity index (χ0v) is 14.1. The smallest absolute Gasteiger partial charge is 0.239 e. The number of hydrogen-bond donors (Lipinski definition) is 2. The Bertz CT molecular complexity index is 708. The lowest BCUT2D eigenvalue weighted by molar-refractivity contribution is -0.119. The molecule has 0 saturated carbocycles. The summed E-state index contributed by atoms with van der Waals surface area (Å²) in [5, 5.41) is 6.14. The minimum Gasteiger partial charge on any atom is -0.495 e. The fourth-order valence-electron chi connectivity index (χ4n) is 2.04. The molecule has 0 saturated heterocycles. The Balaban J connectivity index is 1.92. The maximum Gasteiger partial charge on any atom is 0.239 e. The van der Waals surface area contributed by atoms with E-state index in [-0.39, 0.29) is 18.3 Å². The van der Waals surface area contributed by atoms with E-state index in [1.165, 1.54) is 26.4 Å². The number of benzene rings is 2. The van der Waals surface area contributed by atoms with Crippen molar-refractivity contribution < 1.29 is 18.7 Å². The number of ether oxygens (including phenoxy) is 2. The van der Waals surface area contributed by atoms with Crippen LogP contribution in [0, 0.1) is 5.82 Å². The molecular weight excluding hydrogens is 335 g/mol. The number of amides is 1. The van der Waals surface area contributed by atoms with E-state index in [1.807, 2.05) is 0 Å². The number of carbonyl (C=O) groups is 1. The molecule has 0 bridgehead atoms. The topological polar surface area (TPSA) is 59.6 Å². The van der Waals surface area contributed by atoms with Gasteiger partial charge in [0.1, 0.15) is 17.3 Å². The third kappa shape index (κ3) is 4.76. The van der Waals surface area contributed by atoms with Gasteiger partial charge in [-0.1, -0.05) is 23.7 Å². The van der Waals surface area contributed by atoms with Gasteiger partial charge in [-0.25, -0.2) is 4.39 Å². The molecule has 2 N–H and O–H groups in total. The Morgan fingerprint density at radius 1 is 1.12 bits per heavy atom. The van der Waals surface area contributed by atoms with E-state index >= 15 is 0 Å². The minimum absolute atomic E-state index is 0.0440. The zero-order valence-electron chi connectivity index (χ0n) is 13.4. The van der Waals surface area contributed by atoms with Gasteiger partial charge in [-0.2, -0.15) is 0 Å². The fourth-order valence-corrected chi connectivity index (χ4v) is 2.27. The molecule has 0 fully saturated rings. The van der Waals surface area contributed by atoms with E-state index in [1.54, 1.807) is 24.3 Å².